The number of carbonyl (C=O) groups excluding carboxylic acids is 1. The van der Waals surface area contributed by atoms with Crippen molar-refractivity contribution in [3.05, 3.63) is 23.6 Å². The molecule has 0 spiro atoms. The molecule has 0 unspecified atom stereocenters. The molecule has 2 aromatic rings. The van der Waals surface area contributed by atoms with Crippen molar-refractivity contribution in [1.29, 1.82) is 0 Å². The first kappa shape index (κ1) is 20.6. The van der Waals surface area contributed by atoms with Crippen LogP contribution < -0.4 is 14.8 Å². The number of ether oxygens (including phenoxy) is 2. The first-order valence-corrected chi connectivity index (χ1v) is 11.5. The van der Waals surface area contributed by atoms with Crippen LogP contribution in [0, 0.1) is 5.92 Å². The summed E-state index contributed by atoms with van der Waals surface area (Å²) in [5, 5.41) is 5.23. The van der Waals surface area contributed by atoms with Gasteiger partial charge in [-0.3, -0.25) is 4.79 Å². The summed E-state index contributed by atoms with van der Waals surface area (Å²) in [4.78, 5) is 17.0. The van der Waals surface area contributed by atoms with Gasteiger partial charge in [-0.15, -0.1) is 11.3 Å². The number of anilines is 1. The van der Waals surface area contributed by atoms with Gasteiger partial charge in [-0.1, -0.05) is 0 Å². The minimum absolute atomic E-state index is 0.124. The normalized spacial score (nSPS) is 16.0. The Morgan fingerprint density at radius 2 is 1.89 bits per heavy atom. The Hall–Kier alpha value is -2.17. The summed E-state index contributed by atoms with van der Waals surface area (Å²) < 4.78 is 35.1. The molecule has 152 valence electrons. The third kappa shape index (κ3) is 4.62. The smallest absolute Gasteiger partial charge is 0.229 e. The highest BCUT2D eigenvalue weighted by Gasteiger charge is 2.29. The lowest BCUT2D eigenvalue weighted by molar-refractivity contribution is -0.120. The van der Waals surface area contributed by atoms with Crippen LogP contribution in [0.2, 0.25) is 0 Å². The van der Waals surface area contributed by atoms with E-state index in [4.69, 9.17) is 9.47 Å². The molecule has 0 saturated carbocycles. The van der Waals surface area contributed by atoms with Crippen LogP contribution in [-0.2, 0) is 14.8 Å². The number of carbonyl (C=O) groups is 1. The molecule has 3 rings (SSSR count). The number of methoxy groups -OCH3 is 2. The maximum absolute atomic E-state index is 12.5. The largest absolute Gasteiger partial charge is 0.493 e. The molecule has 10 heteroatoms. The van der Waals surface area contributed by atoms with Gasteiger partial charge in [-0.2, -0.15) is 0 Å². The Morgan fingerprint density at radius 1 is 1.21 bits per heavy atom. The Morgan fingerprint density at radius 3 is 2.50 bits per heavy atom. The van der Waals surface area contributed by atoms with Gasteiger partial charge < -0.3 is 14.8 Å². The average Bonchev–Trinajstić information content (AvgIpc) is 3.15. The Balaban J connectivity index is 1.64. The van der Waals surface area contributed by atoms with Crippen LogP contribution in [0.3, 0.4) is 0 Å². The van der Waals surface area contributed by atoms with Gasteiger partial charge in [0.15, 0.2) is 16.6 Å². The number of hydrogen-bond donors (Lipinski definition) is 1. The SMILES string of the molecule is COc1ccc(-c2csc(NC(=O)C3CCN(S(C)(=O)=O)CC3)n2)cc1OC. The minimum Gasteiger partial charge on any atom is -0.493 e. The van der Waals surface area contributed by atoms with Crippen LogP contribution in [-0.4, -0.2) is 57.2 Å². The molecule has 1 fully saturated rings. The Bertz CT molecular complexity index is 950. The molecule has 1 saturated heterocycles. The number of thiazole rings is 1. The molecule has 1 N–H and O–H groups in total. The third-order valence-electron chi connectivity index (χ3n) is 4.71. The summed E-state index contributed by atoms with van der Waals surface area (Å²) >= 11 is 1.34. The van der Waals surface area contributed by atoms with Gasteiger partial charge in [0, 0.05) is 30.0 Å². The van der Waals surface area contributed by atoms with Crippen molar-refractivity contribution in [2.24, 2.45) is 5.92 Å². The van der Waals surface area contributed by atoms with Crippen molar-refractivity contribution in [3.63, 3.8) is 0 Å². The number of rotatable bonds is 6. The minimum atomic E-state index is -3.20. The highest BCUT2D eigenvalue weighted by Crippen LogP contribution is 2.33. The number of aromatic nitrogens is 1. The first-order chi connectivity index (χ1) is 13.3. The third-order valence-corrected chi connectivity index (χ3v) is 6.77. The van der Waals surface area contributed by atoms with Gasteiger partial charge in [0.1, 0.15) is 0 Å². The van der Waals surface area contributed by atoms with E-state index in [1.807, 2.05) is 17.5 Å². The van der Waals surface area contributed by atoms with Crippen LogP contribution in [0.15, 0.2) is 23.6 Å². The molecule has 8 nitrogen and oxygen atoms in total. The van der Waals surface area contributed by atoms with Crippen molar-refractivity contribution in [2.75, 3.05) is 38.9 Å². The second kappa shape index (κ2) is 8.46. The molecule has 0 atom stereocenters. The van der Waals surface area contributed by atoms with E-state index < -0.39 is 10.0 Å². The lowest BCUT2D eigenvalue weighted by Gasteiger charge is -2.29. The molecule has 1 aliphatic heterocycles. The fourth-order valence-electron chi connectivity index (χ4n) is 3.12. The summed E-state index contributed by atoms with van der Waals surface area (Å²) in [6, 6.07) is 5.52. The van der Waals surface area contributed by atoms with Crippen molar-refractivity contribution in [2.45, 2.75) is 12.8 Å². The van der Waals surface area contributed by atoms with E-state index in [0.29, 0.717) is 42.6 Å². The molecule has 1 aromatic heterocycles. The highest BCUT2D eigenvalue weighted by molar-refractivity contribution is 7.88. The number of nitrogens with one attached hydrogen (secondary N) is 1. The fraction of sp³-hybridized carbons (Fsp3) is 0.444. The molecule has 1 aromatic carbocycles. The van der Waals surface area contributed by atoms with Gasteiger partial charge in [0.05, 0.1) is 26.2 Å². The zero-order valence-corrected chi connectivity index (χ0v) is 17.6. The van der Waals surface area contributed by atoms with E-state index in [9.17, 15) is 13.2 Å². The Kier molecular flexibility index (Phi) is 6.21. The zero-order valence-electron chi connectivity index (χ0n) is 16.0. The number of amides is 1. The topological polar surface area (TPSA) is 97.8 Å². The quantitative estimate of drug-likeness (QED) is 0.763. The van der Waals surface area contributed by atoms with E-state index in [1.165, 1.54) is 21.9 Å². The Labute approximate surface area is 168 Å². The lowest BCUT2D eigenvalue weighted by Crippen LogP contribution is -2.40. The molecular weight excluding hydrogens is 402 g/mol. The first-order valence-electron chi connectivity index (χ1n) is 8.75. The van der Waals surface area contributed by atoms with Gasteiger partial charge in [-0.05, 0) is 31.0 Å². The van der Waals surface area contributed by atoms with Crippen molar-refractivity contribution < 1.29 is 22.7 Å². The monoisotopic (exact) mass is 425 g/mol. The number of nitrogens with zero attached hydrogens (tertiary/aromatic N) is 2. The summed E-state index contributed by atoms with van der Waals surface area (Å²) in [5.74, 6) is 0.902. The van der Waals surface area contributed by atoms with Gasteiger partial charge in [0.25, 0.3) is 0 Å². The summed E-state index contributed by atoms with van der Waals surface area (Å²) in [6.07, 6.45) is 2.21. The van der Waals surface area contributed by atoms with E-state index in [-0.39, 0.29) is 11.8 Å². The number of sulfonamides is 1. The molecule has 1 amide bonds. The molecule has 1 aliphatic rings. The number of piperidine rings is 1. The van der Waals surface area contributed by atoms with Crippen LogP contribution in [0.5, 0.6) is 11.5 Å². The fourth-order valence-corrected chi connectivity index (χ4v) is 4.71. The molecule has 28 heavy (non-hydrogen) atoms. The molecule has 0 aliphatic carbocycles. The van der Waals surface area contributed by atoms with E-state index in [0.717, 1.165) is 11.3 Å². The lowest BCUT2D eigenvalue weighted by atomic mass is 9.97. The molecule has 0 bridgehead atoms. The standard InChI is InChI=1S/C18H23N3O5S2/c1-25-15-5-4-13(10-16(15)26-2)14-11-27-18(19-14)20-17(22)12-6-8-21(9-7-12)28(3,23)24/h4-5,10-12H,6-9H2,1-3H3,(H,19,20,22). The maximum atomic E-state index is 12.5. The molecule has 2 heterocycles. The predicted octanol–water partition coefficient (Wildman–Crippen LogP) is 2.44. The molecular formula is C18H23N3O5S2. The summed E-state index contributed by atoms with van der Waals surface area (Å²) in [5.41, 5.74) is 1.59. The van der Waals surface area contributed by atoms with Crippen LogP contribution in [0.1, 0.15) is 12.8 Å². The average molecular weight is 426 g/mol. The highest BCUT2D eigenvalue weighted by atomic mass is 32.2. The number of hydrogen-bond acceptors (Lipinski definition) is 7. The van der Waals surface area contributed by atoms with E-state index in [2.05, 4.69) is 10.3 Å². The summed E-state index contributed by atoms with van der Waals surface area (Å²) in [6.45, 7) is 0.733. The van der Waals surface area contributed by atoms with Gasteiger partial charge in [-0.25, -0.2) is 17.7 Å². The second-order valence-corrected chi connectivity index (χ2v) is 9.37. The number of benzene rings is 1. The summed E-state index contributed by atoms with van der Waals surface area (Å²) in [7, 11) is -0.0493. The van der Waals surface area contributed by atoms with Crippen LogP contribution in [0.25, 0.3) is 11.3 Å². The van der Waals surface area contributed by atoms with Crippen LogP contribution in [0.4, 0.5) is 5.13 Å². The van der Waals surface area contributed by atoms with Gasteiger partial charge >= 0.3 is 0 Å². The van der Waals surface area contributed by atoms with Crippen LogP contribution >= 0.6 is 11.3 Å². The second-order valence-electron chi connectivity index (χ2n) is 6.53. The van der Waals surface area contributed by atoms with Crippen molar-refractivity contribution in [3.8, 4) is 22.8 Å². The predicted molar refractivity (Wildman–Crippen MR) is 108 cm³/mol. The van der Waals surface area contributed by atoms with E-state index in [1.54, 1.807) is 20.3 Å². The van der Waals surface area contributed by atoms with E-state index >= 15 is 0 Å². The van der Waals surface area contributed by atoms with Crippen molar-refractivity contribution in [1.82, 2.24) is 9.29 Å². The molecule has 0 radical (unpaired) electrons. The van der Waals surface area contributed by atoms with Crippen molar-refractivity contribution >= 4 is 32.4 Å². The maximum Gasteiger partial charge on any atom is 0.229 e. The zero-order chi connectivity index (χ0) is 20.3. The van der Waals surface area contributed by atoms with Gasteiger partial charge in [0.2, 0.25) is 15.9 Å².